The number of pyridine rings is 1. The lowest BCUT2D eigenvalue weighted by molar-refractivity contribution is 0.146. The molecule has 0 aliphatic carbocycles. The van der Waals surface area contributed by atoms with Gasteiger partial charge in [0.15, 0.2) is 11.6 Å². The molecule has 0 radical (unpaired) electrons. The van der Waals surface area contributed by atoms with Crippen molar-refractivity contribution < 1.29 is 13.5 Å². The summed E-state index contributed by atoms with van der Waals surface area (Å²) in [6, 6.07) is 5.22. The van der Waals surface area contributed by atoms with E-state index in [0.29, 0.717) is 12.2 Å². The second kappa shape index (κ2) is 7.88. The minimum Gasteiger partial charge on any atom is -0.487 e. The largest absolute Gasteiger partial charge is 0.487 e. The van der Waals surface area contributed by atoms with Gasteiger partial charge in [-0.3, -0.25) is 0 Å². The number of ether oxygens (including phenoxy) is 1. The van der Waals surface area contributed by atoms with Gasteiger partial charge in [-0.2, -0.15) is 10.1 Å². The SMILES string of the molecule is CC(C)Oc1cccnc1N1CC[C@@H](C)[C@H](c2cc(C(F)F)nc3ncnn23)C1. The summed E-state index contributed by atoms with van der Waals surface area (Å²) in [5.41, 5.74) is 0.425. The topological polar surface area (TPSA) is 68.4 Å². The first kappa shape index (κ1) is 19.5. The van der Waals surface area contributed by atoms with E-state index in [1.807, 2.05) is 26.0 Å². The van der Waals surface area contributed by atoms with E-state index in [9.17, 15) is 8.78 Å². The highest BCUT2D eigenvalue weighted by Crippen LogP contribution is 2.37. The van der Waals surface area contributed by atoms with E-state index in [0.717, 1.165) is 24.5 Å². The quantitative estimate of drug-likeness (QED) is 0.645. The van der Waals surface area contributed by atoms with Gasteiger partial charge in [0.25, 0.3) is 12.2 Å². The molecule has 0 N–H and O–H groups in total. The van der Waals surface area contributed by atoms with Crippen molar-refractivity contribution in [1.82, 2.24) is 24.6 Å². The van der Waals surface area contributed by atoms with Gasteiger partial charge in [-0.25, -0.2) is 23.3 Å². The number of fused-ring (bicyclic) bond motifs is 1. The van der Waals surface area contributed by atoms with E-state index in [4.69, 9.17) is 4.74 Å². The Morgan fingerprint density at radius 3 is 2.83 bits per heavy atom. The van der Waals surface area contributed by atoms with Crippen molar-refractivity contribution in [3.8, 4) is 5.75 Å². The summed E-state index contributed by atoms with van der Waals surface area (Å²) in [7, 11) is 0. The van der Waals surface area contributed by atoms with E-state index >= 15 is 0 Å². The average molecular weight is 402 g/mol. The summed E-state index contributed by atoms with van der Waals surface area (Å²) < 4.78 is 34.3. The Balaban J connectivity index is 1.71. The van der Waals surface area contributed by atoms with Gasteiger partial charge in [0.1, 0.15) is 12.0 Å². The van der Waals surface area contributed by atoms with Crippen molar-refractivity contribution in [3.05, 3.63) is 42.1 Å². The summed E-state index contributed by atoms with van der Waals surface area (Å²) in [4.78, 5) is 14.7. The maximum Gasteiger partial charge on any atom is 0.280 e. The maximum atomic E-state index is 13.4. The van der Waals surface area contributed by atoms with Crippen molar-refractivity contribution in [2.24, 2.45) is 5.92 Å². The molecular formula is C20H24F2N6O. The van der Waals surface area contributed by atoms with E-state index in [-0.39, 0.29) is 29.4 Å². The van der Waals surface area contributed by atoms with Gasteiger partial charge in [0, 0.05) is 25.2 Å². The molecule has 0 unspecified atom stereocenters. The molecule has 9 heteroatoms. The number of piperidine rings is 1. The van der Waals surface area contributed by atoms with Crippen LogP contribution in [0.2, 0.25) is 0 Å². The van der Waals surface area contributed by atoms with Gasteiger partial charge in [0.2, 0.25) is 0 Å². The molecule has 1 fully saturated rings. The fourth-order valence-corrected chi connectivity index (χ4v) is 3.84. The van der Waals surface area contributed by atoms with Crippen LogP contribution in [0.15, 0.2) is 30.7 Å². The summed E-state index contributed by atoms with van der Waals surface area (Å²) in [6.45, 7) is 7.52. The summed E-state index contributed by atoms with van der Waals surface area (Å²) in [5.74, 6) is 1.96. The molecule has 4 heterocycles. The molecular weight excluding hydrogens is 378 g/mol. The summed E-state index contributed by atoms with van der Waals surface area (Å²) >= 11 is 0. The first-order valence-corrected chi connectivity index (χ1v) is 9.79. The van der Waals surface area contributed by atoms with Crippen molar-refractivity contribution in [2.75, 3.05) is 18.0 Å². The van der Waals surface area contributed by atoms with E-state index in [1.165, 1.54) is 12.4 Å². The summed E-state index contributed by atoms with van der Waals surface area (Å²) in [5, 5.41) is 4.22. The predicted octanol–water partition coefficient (Wildman–Crippen LogP) is 3.87. The Bertz CT molecular complexity index is 992. The van der Waals surface area contributed by atoms with E-state index in [1.54, 1.807) is 10.7 Å². The van der Waals surface area contributed by atoms with Crippen molar-refractivity contribution in [1.29, 1.82) is 0 Å². The lowest BCUT2D eigenvalue weighted by atomic mass is 9.84. The molecule has 3 aromatic rings. The zero-order valence-electron chi connectivity index (χ0n) is 16.7. The molecule has 1 saturated heterocycles. The fourth-order valence-electron chi connectivity index (χ4n) is 3.84. The molecule has 0 aromatic carbocycles. The Kier molecular flexibility index (Phi) is 5.29. The number of halogens is 2. The van der Waals surface area contributed by atoms with Crippen LogP contribution in [-0.4, -0.2) is 43.8 Å². The molecule has 0 bridgehead atoms. The molecule has 7 nitrogen and oxygen atoms in total. The number of anilines is 1. The first-order chi connectivity index (χ1) is 13.9. The van der Waals surface area contributed by atoms with Crippen LogP contribution >= 0.6 is 0 Å². The zero-order valence-corrected chi connectivity index (χ0v) is 16.7. The van der Waals surface area contributed by atoms with Crippen LogP contribution in [0.4, 0.5) is 14.6 Å². The van der Waals surface area contributed by atoms with Gasteiger partial charge in [0.05, 0.1) is 11.8 Å². The number of hydrogen-bond donors (Lipinski definition) is 0. The number of rotatable bonds is 5. The smallest absolute Gasteiger partial charge is 0.280 e. The van der Waals surface area contributed by atoms with Crippen LogP contribution < -0.4 is 9.64 Å². The molecule has 3 aromatic heterocycles. The minimum absolute atomic E-state index is 0.0256. The second-order valence-electron chi connectivity index (χ2n) is 7.69. The van der Waals surface area contributed by atoms with Crippen molar-refractivity contribution >= 4 is 11.6 Å². The van der Waals surface area contributed by atoms with E-state index in [2.05, 4.69) is 31.9 Å². The number of hydrogen-bond acceptors (Lipinski definition) is 6. The second-order valence-corrected chi connectivity index (χ2v) is 7.69. The third kappa shape index (κ3) is 3.86. The normalized spacial score (nSPS) is 20.0. The van der Waals surface area contributed by atoms with Gasteiger partial charge in [-0.05, 0) is 44.4 Å². The Hall–Kier alpha value is -2.84. The van der Waals surface area contributed by atoms with Gasteiger partial charge < -0.3 is 9.64 Å². The summed E-state index contributed by atoms with van der Waals surface area (Å²) in [6.07, 6.45) is 1.35. The Morgan fingerprint density at radius 2 is 2.07 bits per heavy atom. The molecule has 2 atom stereocenters. The Labute approximate surface area is 167 Å². The highest BCUT2D eigenvalue weighted by Gasteiger charge is 2.32. The van der Waals surface area contributed by atoms with Crippen LogP contribution in [0.25, 0.3) is 5.78 Å². The lowest BCUT2D eigenvalue weighted by Crippen LogP contribution is -2.40. The molecule has 4 rings (SSSR count). The van der Waals surface area contributed by atoms with Crippen LogP contribution in [-0.2, 0) is 0 Å². The third-order valence-electron chi connectivity index (χ3n) is 5.27. The zero-order chi connectivity index (χ0) is 20.5. The number of nitrogens with zero attached hydrogens (tertiary/aromatic N) is 6. The molecule has 29 heavy (non-hydrogen) atoms. The van der Waals surface area contributed by atoms with Crippen LogP contribution in [0.3, 0.4) is 0 Å². The molecule has 0 saturated carbocycles. The van der Waals surface area contributed by atoms with E-state index < -0.39 is 6.43 Å². The number of alkyl halides is 2. The third-order valence-corrected chi connectivity index (χ3v) is 5.27. The van der Waals surface area contributed by atoms with Crippen molar-refractivity contribution in [3.63, 3.8) is 0 Å². The average Bonchev–Trinajstić information content (AvgIpc) is 3.16. The van der Waals surface area contributed by atoms with Gasteiger partial charge in [-0.1, -0.05) is 6.92 Å². The molecule has 154 valence electrons. The van der Waals surface area contributed by atoms with Gasteiger partial charge >= 0.3 is 0 Å². The monoisotopic (exact) mass is 402 g/mol. The van der Waals surface area contributed by atoms with Gasteiger partial charge in [-0.15, -0.1) is 0 Å². The molecule has 0 amide bonds. The fraction of sp³-hybridized carbons (Fsp3) is 0.500. The van der Waals surface area contributed by atoms with Crippen LogP contribution in [0.5, 0.6) is 5.75 Å². The maximum absolute atomic E-state index is 13.4. The minimum atomic E-state index is -2.66. The van der Waals surface area contributed by atoms with Crippen LogP contribution in [0.1, 0.15) is 50.9 Å². The highest BCUT2D eigenvalue weighted by molar-refractivity contribution is 5.53. The molecule has 1 aliphatic heterocycles. The van der Waals surface area contributed by atoms with Crippen LogP contribution in [0, 0.1) is 5.92 Å². The first-order valence-electron chi connectivity index (χ1n) is 9.79. The predicted molar refractivity (Wildman–Crippen MR) is 104 cm³/mol. The lowest BCUT2D eigenvalue weighted by Gasteiger charge is -2.38. The molecule has 0 spiro atoms. The highest BCUT2D eigenvalue weighted by atomic mass is 19.3. The molecule has 1 aliphatic rings. The van der Waals surface area contributed by atoms with Crippen molar-refractivity contribution in [2.45, 2.75) is 45.6 Å². The Morgan fingerprint density at radius 1 is 1.24 bits per heavy atom. The standard InChI is InChI=1S/C20H24F2N6O/c1-12(2)29-17-5-4-7-23-19(17)27-8-6-13(3)14(10-27)16-9-15(18(21)22)26-20-24-11-25-28(16)20/h4-5,7,9,11-14,18H,6,8,10H2,1-3H3/t13-,14-/m1/s1. The number of aromatic nitrogens is 5.